The minimum absolute atomic E-state index is 0.0345. The van der Waals surface area contributed by atoms with E-state index in [9.17, 15) is 9.59 Å². The average molecular weight is 382 g/mol. The van der Waals surface area contributed by atoms with Gasteiger partial charge in [-0.2, -0.15) is 0 Å². The Kier molecular flexibility index (Phi) is 5.49. The smallest absolute Gasteiger partial charge is 0.414 e. The second-order valence-corrected chi connectivity index (χ2v) is 6.58. The second kappa shape index (κ2) is 7.99. The maximum absolute atomic E-state index is 12.3. The summed E-state index contributed by atoms with van der Waals surface area (Å²) in [4.78, 5) is 27.4. The number of cyclic esters (lactones) is 1. The molecule has 0 spiro atoms. The zero-order valence-electron chi connectivity index (χ0n) is 15.7. The Labute approximate surface area is 162 Å². The van der Waals surface area contributed by atoms with E-state index in [1.54, 1.807) is 62.6 Å². The fourth-order valence-corrected chi connectivity index (χ4v) is 2.83. The van der Waals surface area contributed by atoms with Crippen LogP contribution < -0.4 is 15.4 Å². The zero-order chi connectivity index (χ0) is 20.3. The molecule has 3 rings (SSSR count). The summed E-state index contributed by atoms with van der Waals surface area (Å²) in [5.74, 6) is 0.250. The van der Waals surface area contributed by atoms with Gasteiger partial charge in [-0.05, 0) is 36.4 Å². The van der Waals surface area contributed by atoms with Crippen molar-refractivity contribution in [3.8, 4) is 5.75 Å². The summed E-state index contributed by atoms with van der Waals surface area (Å²) in [6, 6.07) is 13.7. The fourth-order valence-electron chi connectivity index (χ4n) is 2.83. The first kappa shape index (κ1) is 19.2. The van der Waals surface area contributed by atoms with Crippen LogP contribution in [0.1, 0.15) is 15.9 Å². The molecule has 1 fully saturated rings. The third kappa shape index (κ3) is 4.06. The number of carbonyl (C=O) groups excluding carboxylic acids is 2. The van der Waals surface area contributed by atoms with Crippen LogP contribution in [0.25, 0.3) is 0 Å². The molecule has 8 heteroatoms. The number of hydrogen-bond donors (Lipinski definition) is 2. The molecule has 0 saturated carbocycles. The van der Waals surface area contributed by atoms with Crippen LogP contribution in [-0.2, 0) is 4.74 Å². The number of carbonyl (C=O) groups is 2. The molecule has 1 aliphatic rings. The number of rotatable bonds is 6. The van der Waals surface area contributed by atoms with Crippen molar-refractivity contribution in [3.05, 3.63) is 59.7 Å². The highest BCUT2D eigenvalue weighted by Crippen LogP contribution is 2.24. The van der Waals surface area contributed by atoms with Crippen molar-refractivity contribution in [2.75, 3.05) is 32.1 Å². The molecule has 146 valence electrons. The molecule has 1 heterocycles. The van der Waals surface area contributed by atoms with Crippen LogP contribution in [0.3, 0.4) is 0 Å². The van der Waals surface area contributed by atoms with Gasteiger partial charge in [-0.25, -0.2) is 4.79 Å². The highest BCUT2D eigenvalue weighted by atomic mass is 16.6. The summed E-state index contributed by atoms with van der Waals surface area (Å²) in [6.07, 6.45) is -0.940. The standard InChI is InChI=1S/C20H22N4O4/c1-23(2)19(25)16-5-3-4-6-17(16)27-12-15-11-24(20(26)28-15)14-9-7-13(8-10-14)18(21)22/h3-10,15H,11-12H2,1-2H3,(H3,21,22). The lowest BCUT2D eigenvalue weighted by Gasteiger charge is -2.16. The third-order valence-corrected chi connectivity index (χ3v) is 4.31. The lowest BCUT2D eigenvalue weighted by Crippen LogP contribution is -2.27. The van der Waals surface area contributed by atoms with E-state index < -0.39 is 12.2 Å². The first-order chi connectivity index (χ1) is 13.4. The predicted molar refractivity (Wildman–Crippen MR) is 105 cm³/mol. The number of anilines is 1. The number of amides is 2. The molecule has 1 saturated heterocycles. The molecular formula is C20H22N4O4. The summed E-state index contributed by atoms with van der Waals surface area (Å²) in [5.41, 5.74) is 7.14. The van der Waals surface area contributed by atoms with Crippen LogP contribution in [0.15, 0.2) is 48.5 Å². The van der Waals surface area contributed by atoms with E-state index >= 15 is 0 Å². The van der Waals surface area contributed by atoms with Crippen LogP contribution in [0, 0.1) is 5.41 Å². The van der Waals surface area contributed by atoms with Crippen molar-refractivity contribution in [2.45, 2.75) is 6.10 Å². The van der Waals surface area contributed by atoms with Gasteiger partial charge in [-0.1, -0.05) is 12.1 Å². The van der Waals surface area contributed by atoms with Gasteiger partial charge in [0.05, 0.1) is 12.1 Å². The van der Waals surface area contributed by atoms with Crippen molar-refractivity contribution in [2.24, 2.45) is 5.73 Å². The van der Waals surface area contributed by atoms with E-state index in [1.165, 1.54) is 9.80 Å². The maximum atomic E-state index is 12.3. The maximum Gasteiger partial charge on any atom is 0.414 e. The summed E-state index contributed by atoms with van der Waals surface area (Å²) in [5, 5.41) is 7.43. The van der Waals surface area contributed by atoms with E-state index in [-0.39, 0.29) is 18.3 Å². The Balaban J connectivity index is 1.65. The molecule has 8 nitrogen and oxygen atoms in total. The lowest BCUT2D eigenvalue weighted by molar-refractivity contribution is 0.0811. The molecule has 28 heavy (non-hydrogen) atoms. The Bertz CT molecular complexity index is 895. The van der Waals surface area contributed by atoms with Gasteiger partial charge in [0.15, 0.2) is 6.10 Å². The summed E-state index contributed by atoms with van der Waals surface area (Å²) in [6.45, 7) is 0.452. The SMILES string of the molecule is CN(C)C(=O)c1ccccc1OCC1CN(c2ccc(C(=N)N)cc2)C(=O)O1. The van der Waals surface area contributed by atoms with Gasteiger partial charge < -0.3 is 20.1 Å². The Morgan fingerprint density at radius 3 is 2.57 bits per heavy atom. The molecule has 1 unspecified atom stereocenters. The molecule has 1 atom stereocenters. The molecule has 1 aliphatic heterocycles. The van der Waals surface area contributed by atoms with E-state index in [4.69, 9.17) is 20.6 Å². The van der Waals surface area contributed by atoms with Gasteiger partial charge in [0, 0.05) is 25.3 Å². The number of benzene rings is 2. The number of hydrogen-bond acceptors (Lipinski definition) is 5. The quantitative estimate of drug-likeness (QED) is 0.587. The van der Waals surface area contributed by atoms with Crippen LogP contribution in [0.4, 0.5) is 10.5 Å². The van der Waals surface area contributed by atoms with Crippen molar-refractivity contribution in [3.63, 3.8) is 0 Å². The topological polar surface area (TPSA) is 109 Å². The van der Waals surface area contributed by atoms with Crippen molar-refractivity contribution >= 4 is 23.5 Å². The molecule has 2 amide bonds. The molecular weight excluding hydrogens is 360 g/mol. The minimum atomic E-state index is -0.471. The van der Waals surface area contributed by atoms with Crippen LogP contribution >= 0.6 is 0 Å². The van der Waals surface area contributed by atoms with Gasteiger partial charge >= 0.3 is 6.09 Å². The molecule has 3 N–H and O–H groups in total. The Morgan fingerprint density at radius 2 is 1.93 bits per heavy atom. The van der Waals surface area contributed by atoms with Gasteiger partial charge in [-0.15, -0.1) is 0 Å². The van der Waals surface area contributed by atoms with E-state index in [0.717, 1.165) is 0 Å². The second-order valence-electron chi connectivity index (χ2n) is 6.58. The van der Waals surface area contributed by atoms with Gasteiger partial charge in [-0.3, -0.25) is 15.1 Å². The molecule has 0 bridgehead atoms. The third-order valence-electron chi connectivity index (χ3n) is 4.31. The number of para-hydroxylation sites is 1. The normalized spacial score (nSPS) is 15.9. The first-order valence-corrected chi connectivity index (χ1v) is 8.73. The number of nitrogen functional groups attached to an aromatic ring is 1. The Hall–Kier alpha value is -3.55. The van der Waals surface area contributed by atoms with E-state index in [1.807, 2.05) is 0 Å². The van der Waals surface area contributed by atoms with Crippen LogP contribution in [0.5, 0.6) is 5.75 Å². The van der Waals surface area contributed by atoms with Crippen molar-refractivity contribution in [1.82, 2.24) is 4.90 Å². The van der Waals surface area contributed by atoms with Crippen molar-refractivity contribution in [1.29, 1.82) is 5.41 Å². The van der Waals surface area contributed by atoms with Crippen molar-refractivity contribution < 1.29 is 19.1 Å². The fraction of sp³-hybridized carbons (Fsp3) is 0.250. The summed E-state index contributed by atoms with van der Waals surface area (Å²) in [7, 11) is 3.35. The van der Waals surface area contributed by atoms with Crippen LogP contribution in [-0.4, -0.2) is 56.1 Å². The molecule has 0 radical (unpaired) electrons. The van der Waals surface area contributed by atoms with Crippen LogP contribution in [0.2, 0.25) is 0 Å². The summed E-state index contributed by atoms with van der Waals surface area (Å²) < 4.78 is 11.2. The predicted octanol–water partition coefficient (Wildman–Crippen LogP) is 2.08. The zero-order valence-corrected chi connectivity index (χ0v) is 15.7. The molecule has 2 aromatic rings. The number of nitrogens with zero attached hydrogens (tertiary/aromatic N) is 2. The molecule has 0 aromatic heterocycles. The number of nitrogens with two attached hydrogens (primary N) is 1. The minimum Gasteiger partial charge on any atom is -0.489 e. The Morgan fingerprint density at radius 1 is 1.25 bits per heavy atom. The summed E-state index contributed by atoms with van der Waals surface area (Å²) >= 11 is 0. The highest BCUT2D eigenvalue weighted by molar-refractivity contribution is 5.97. The van der Waals surface area contributed by atoms with Gasteiger partial charge in [0.25, 0.3) is 5.91 Å². The first-order valence-electron chi connectivity index (χ1n) is 8.73. The van der Waals surface area contributed by atoms with Gasteiger partial charge in [0.1, 0.15) is 18.2 Å². The highest BCUT2D eigenvalue weighted by Gasteiger charge is 2.33. The molecule has 0 aliphatic carbocycles. The number of amidine groups is 1. The lowest BCUT2D eigenvalue weighted by atomic mass is 10.2. The largest absolute Gasteiger partial charge is 0.489 e. The monoisotopic (exact) mass is 382 g/mol. The molecule has 2 aromatic carbocycles. The average Bonchev–Trinajstić information content (AvgIpc) is 3.06. The van der Waals surface area contributed by atoms with E-state index in [0.29, 0.717) is 29.1 Å². The van der Waals surface area contributed by atoms with E-state index in [2.05, 4.69) is 0 Å². The number of ether oxygens (including phenoxy) is 2. The van der Waals surface area contributed by atoms with Gasteiger partial charge in [0.2, 0.25) is 0 Å². The number of nitrogens with one attached hydrogen (secondary N) is 1.